The Labute approximate surface area is 211 Å². The summed E-state index contributed by atoms with van der Waals surface area (Å²) in [4.78, 5) is 29.2. The number of carbonyl (C=O) groups excluding carboxylic acids is 2. The van der Waals surface area contributed by atoms with Crippen LogP contribution in [-0.2, 0) is 22.7 Å². The molecule has 2 amide bonds. The first-order valence-corrected chi connectivity index (χ1v) is 12.2. The van der Waals surface area contributed by atoms with Crippen LogP contribution in [0.15, 0.2) is 65.1 Å². The third-order valence-corrected chi connectivity index (χ3v) is 6.44. The summed E-state index contributed by atoms with van der Waals surface area (Å²) in [5.74, 6) is 0.526. The van der Waals surface area contributed by atoms with Gasteiger partial charge in [0, 0.05) is 12.1 Å². The van der Waals surface area contributed by atoms with Crippen LogP contribution < -0.4 is 5.32 Å². The minimum Gasteiger partial charge on any atom is -0.464 e. The second-order valence-electron chi connectivity index (χ2n) is 9.82. The lowest BCUT2D eigenvalue weighted by Crippen LogP contribution is -2.50. The molecule has 0 radical (unpaired) electrons. The molecule has 2 aromatic heterocycles. The summed E-state index contributed by atoms with van der Waals surface area (Å²) in [5.41, 5.74) is 3.04. The van der Waals surface area contributed by atoms with Gasteiger partial charge in [0.05, 0.1) is 5.52 Å². The van der Waals surface area contributed by atoms with E-state index in [9.17, 15) is 9.59 Å². The first kappa shape index (κ1) is 25.2. The molecule has 0 aliphatic rings. The normalized spacial score (nSPS) is 12.5. The molecule has 0 spiro atoms. The third kappa shape index (κ3) is 5.64. The molecule has 8 heteroatoms. The maximum Gasteiger partial charge on any atom is 0.251 e. The molecule has 2 heterocycles. The van der Waals surface area contributed by atoms with Crippen LogP contribution in [0, 0.1) is 13.8 Å². The van der Waals surface area contributed by atoms with E-state index in [2.05, 4.69) is 15.6 Å². The topological polar surface area (TPSA) is 93.3 Å². The number of amides is 2. The van der Waals surface area contributed by atoms with E-state index in [0.29, 0.717) is 17.0 Å². The summed E-state index contributed by atoms with van der Waals surface area (Å²) < 4.78 is 7.49. The second kappa shape index (κ2) is 10.4. The van der Waals surface area contributed by atoms with E-state index in [1.807, 2.05) is 83.1 Å². The Morgan fingerprint density at radius 3 is 2.44 bits per heavy atom. The van der Waals surface area contributed by atoms with Crippen molar-refractivity contribution < 1.29 is 14.0 Å². The molecule has 2 aromatic carbocycles. The Kier molecular flexibility index (Phi) is 7.24. The predicted molar refractivity (Wildman–Crippen MR) is 138 cm³/mol. The van der Waals surface area contributed by atoms with Gasteiger partial charge in [0.15, 0.2) is 6.04 Å². The first-order chi connectivity index (χ1) is 17.2. The molecule has 0 fully saturated rings. The molecule has 0 aliphatic heterocycles. The second-order valence-corrected chi connectivity index (χ2v) is 9.82. The Hall–Kier alpha value is -3.94. The fraction of sp³-hybridized carbons (Fsp3) is 0.357. The molecule has 36 heavy (non-hydrogen) atoms. The van der Waals surface area contributed by atoms with Crippen LogP contribution in [0.5, 0.6) is 0 Å². The van der Waals surface area contributed by atoms with E-state index in [1.165, 1.54) is 0 Å². The van der Waals surface area contributed by atoms with E-state index in [0.717, 1.165) is 23.1 Å². The van der Waals surface area contributed by atoms with Gasteiger partial charge >= 0.3 is 0 Å². The minimum atomic E-state index is -0.951. The smallest absolute Gasteiger partial charge is 0.251 e. The molecular weight excluding hydrogens is 454 g/mol. The van der Waals surface area contributed by atoms with Gasteiger partial charge in [-0.1, -0.05) is 54.1 Å². The average molecular weight is 488 g/mol. The highest BCUT2D eigenvalue weighted by Crippen LogP contribution is 2.27. The van der Waals surface area contributed by atoms with E-state index in [4.69, 9.17) is 4.42 Å². The van der Waals surface area contributed by atoms with Crippen molar-refractivity contribution in [3.8, 4) is 0 Å². The number of benzene rings is 2. The SMILES string of the molecule is CCC(C)(C)NC(=O)C(c1ccc(C)o1)N(Cc1ccc(C)cc1)C(=O)Cn1nnc2ccccc21. The predicted octanol–water partition coefficient (Wildman–Crippen LogP) is 4.72. The molecule has 1 N–H and O–H groups in total. The van der Waals surface area contributed by atoms with Crippen molar-refractivity contribution in [2.45, 2.75) is 65.7 Å². The van der Waals surface area contributed by atoms with Crippen LogP contribution in [0.3, 0.4) is 0 Å². The zero-order valence-corrected chi connectivity index (χ0v) is 21.5. The number of nitrogens with one attached hydrogen (secondary N) is 1. The number of rotatable bonds is 9. The largest absolute Gasteiger partial charge is 0.464 e. The maximum atomic E-state index is 13.9. The van der Waals surface area contributed by atoms with Crippen molar-refractivity contribution in [2.75, 3.05) is 0 Å². The lowest BCUT2D eigenvalue weighted by molar-refractivity contribution is -0.143. The number of para-hydroxylation sites is 1. The number of aryl methyl sites for hydroxylation is 2. The van der Waals surface area contributed by atoms with E-state index >= 15 is 0 Å². The van der Waals surface area contributed by atoms with Crippen molar-refractivity contribution in [3.63, 3.8) is 0 Å². The molecular formula is C28H33N5O3. The Morgan fingerprint density at radius 1 is 1.06 bits per heavy atom. The van der Waals surface area contributed by atoms with Crippen LogP contribution in [0.4, 0.5) is 0 Å². The molecule has 4 rings (SSSR count). The summed E-state index contributed by atoms with van der Waals surface area (Å²) in [6.45, 7) is 9.94. The summed E-state index contributed by atoms with van der Waals surface area (Å²) in [5, 5.41) is 11.5. The van der Waals surface area contributed by atoms with Gasteiger partial charge in [-0.3, -0.25) is 9.59 Å². The van der Waals surface area contributed by atoms with Gasteiger partial charge in [0.2, 0.25) is 5.91 Å². The van der Waals surface area contributed by atoms with Crippen LogP contribution in [0.2, 0.25) is 0 Å². The van der Waals surface area contributed by atoms with Gasteiger partial charge in [-0.05, 0) is 63.9 Å². The van der Waals surface area contributed by atoms with Gasteiger partial charge in [-0.2, -0.15) is 0 Å². The zero-order valence-electron chi connectivity index (χ0n) is 21.5. The van der Waals surface area contributed by atoms with Crippen molar-refractivity contribution >= 4 is 22.8 Å². The lowest BCUT2D eigenvalue weighted by Gasteiger charge is -2.33. The number of nitrogens with zero attached hydrogens (tertiary/aromatic N) is 4. The van der Waals surface area contributed by atoms with E-state index < -0.39 is 11.6 Å². The molecule has 0 saturated carbocycles. The van der Waals surface area contributed by atoms with Crippen molar-refractivity contribution in [1.29, 1.82) is 0 Å². The molecule has 0 saturated heterocycles. The minimum absolute atomic E-state index is 0.0625. The van der Waals surface area contributed by atoms with Crippen molar-refractivity contribution in [3.05, 3.63) is 83.3 Å². The molecule has 188 valence electrons. The lowest BCUT2D eigenvalue weighted by atomic mass is 10.0. The van der Waals surface area contributed by atoms with Crippen molar-refractivity contribution in [1.82, 2.24) is 25.2 Å². The van der Waals surface area contributed by atoms with Gasteiger partial charge in [-0.15, -0.1) is 5.10 Å². The molecule has 8 nitrogen and oxygen atoms in total. The molecule has 0 aliphatic carbocycles. The zero-order chi connectivity index (χ0) is 25.9. The van der Waals surface area contributed by atoms with Gasteiger partial charge < -0.3 is 14.6 Å². The number of furan rings is 1. The average Bonchev–Trinajstić information content (AvgIpc) is 3.46. The highest BCUT2D eigenvalue weighted by atomic mass is 16.3. The van der Waals surface area contributed by atoms with Gasteiger partial charge in [0.1, 0.15) is 23.6 Å². The number of aromatic nitrogens is 3. The van der Waals surface area contributed by atoms with Crippen LogP contribution in [0.1, 0.15) is 55.9 Å². The quantitative estimate of drug-likeness (QED) is 0.369. The standard InChI is InChI=1S/C28H33N5O3/c1-6-28(4,5)29-27(35)26(24-16-13-20(3)36-24)32(17-21-14-11-19(2)12-15-21)25(34)18-33-23-10-8-7-9-22(23)30-31-33/h7-16,26H,6,17-18H2,1-5H3,(H,29,35). The summed E-state index contributed by atoms with van der Waals surface area (Å²) in [7, 11) is 0. The summed E-state index contributed by atoms with van der Waals surface area (Å²) >= 11 is 0. The Morgan fingerprint density at radius 2 is 1.78 bits per heavy atom. The fourth-order valence-corrected chi connectivity index (χ4v) is 3.98. The maximum absolute atomic E-state index is 13.9. The summed E-state index contributed by atoms with van der Waals surface area (Å²) in [6, 6.07) is 18.0. The highest BCUT2D eigenvalue weighted by molar-refractivity contribution is 5.89. The number of carbonyl (C=O) groups is 2. The highest BCUT2D eigenvalue weighted by Gasteiger charge is 2.36. The van der Waals surface area contributed by atoms with Crippen LogP contribution in [0.25, 0.3) is 11.0 Å². The summed E-state index contributed by atoms with van der Waals surface area (Å²) in [6.07, 6.45) is 0.736. The molecule has 1 atom stereocenters. The molecule has 4 aromatic rings. The van der Waals surface area contributed by atoms with Crippen molar-refractivity contribution in [2.24, 2.45) is 0 Å². The van der Waals surface area contributed by atoms with Gasteiger partial charge in [-0.25, -0.2) is 4.68 Å². The Bertz CT molecular complexity index is 1350. The number of hydrogen-bond acceptors (Lipinski definition) is 5. The third-order valence-electron chi connectivity index (χ3n) is 6.44. The first-order valence-electron chi connectivity index (χ1n) is 12.2. The van der Waals surface area contributed by atoms with Crippen LogP contribution >= 0.6 is 0 Å². The molecule has 0 bridgehead atoms. The fourth-order valence-electron chi connectivity index (χ4n) is 3.98. The van der Waals surface area contributed by atoms with Crippen LogP contribution in [-0.4, -0.2) is 37.2 Å². The monoisotopic (exact) mass is 487 g/mol. The Balaban J connectivity index is 1.74. The van der Waals surface area contributed by atoms with E-state index in [1.54, 1.807) is 21.7 Å². The number of fused-ring (bicyclic) bond motifs is 1. The molecule has 1 unspecified atom stereocenters. The van der Waals surface area contributed by atoms with E-state index in [-0.39, 0.29) is 24.9 Å². The van der Waals surface area contributed by atoms with Gasteiger partial charge in [0.25, 0.3) is 5.91 Å². The number of hydrogen-bond donors (Lipinski definition) is 1.